The van der Waals surface area contributed by atoms with Crippen LogP contribution in [0, 0.1) is 0 Å². The molecule has 0 radical (unpaired) electrons. The minimum Gasteiger partial charge on any atom is -0.310 e. The second-order valence-electron chi connectivity index (χ2n) is 18.0. The molecule has 11 aromatic carbocycles. The molecule has 0 saturated carbocycles. The van der Waals surface area contributed by atoms with Crippen LogP contribution in [0.15, 0.2) is 273 Å². The van der Waals surface area contributed by atoms with Crippen molar-refractivity contribution in [3.8, 4) is 33.4 Å². The molecule has 0 fully saturated rings. The van der Waals surface area contributed by atoms with Crippen LogP contribution in [0.4, 0.5) is 17.1 Å². The van der Waals surface area contributed by atoms with E-state index in [1.54, 1.807) is 0 Å². The van der Waals surface area contributed by atoms with Gasteiger partial charge in [-0.25, -0.2) is 0 Å². The van der Waals surface area contributed by atoms with Gasteiger partial charge in [0.2, 0.25) is 0 Å². The smallest absolute Gasteiger partial charge is 0.0720 e. The summed E-state index contributed by atoms with van der Waals surface area (Å²) >= 11 is 0. The van der Waals surface area contributed by atoms with Crippen LogP contribution in [0.3, 0.4) is 0 Å². The number of hydrogen-bond donors (Lipinski definition) is 0. The van der Waals surface area contributed by atoms with Crippen LogP contribution in [0.25, 0.3) is 44.2 Å². The fourth-order valence-electron chi connectivity index (χ4n) is 11.8. The van der Waals surface area contributed by atoms with Gasteiger partial charge in [-0.3, -0.25) is 0 Å². The highest BCUT2D eigenvalue weighted by molar-refractivity contribution is 5.93. The fraction of sp³-hybridized carbons (Fsp3) is 0.0303. The summed E-state index contributed by atoms with van der Waals surface area (Å²) in [5.41, 5.74) is 20.0. The lowest BCUT2D eigenvalue weighted by molar-refractivity contribution is 0.624. The molecule has 1 heteroatoms. The molecule has 2 aliphatic rings. The molecule has 0 amide bonds. The van der Waals surface area contributed by atoms with E-state index in [1.807, 2.05) is 0 Å². The zero-order chi connectivity index (χ0) is 44.4. The fourth-order valence-corrected chi connectivity index (χ4v) is 11.8. The topological polar surface area (TPSA) is 3.24 Å². The first kappa shape index (κ1) is 38.9. The normalized spacial score (nSPS) is 13.6. The van der Waals surface area contributed by atoms with Crippen LogP contribution >= 0.6 is 0 Å². The molecular formula is C66H45N. The summed E-state index contributed by atoms with van der Waals surface area (Å²) in [6, 6.07) is 101. The summed E-state index contributed by atoms with van der Waals surface area (Å²) in [4.78, 5) is 2.38. The van der Waals surface area contributed by atoms with Gasteiger partial charge in [-0.05, 0) is 131 Å². The first-order valence-electron chi connectivity index (χ1n) is 23.3. The lowest BCUT2D eigenvalue weighted by Crippen LogP contribution is -2.44. The van der Waals surface area contributed by atoms with Crippen LogP contribution in [0.2, 0.25) is 0 Å². The number of nitrogens with zero attached hydrogens (tertiary/aromatic N) is 1. The van der Waals surface area contributed by atoms with Crippen molar-refractivity contribution in [2.75, 3.05) is 4.90 Å². The Bertz CT molecular complexity index is 3520. The Hall–Kier alpha value is -8.52. The molecule has 1 nitrogen and oxygen atoms in total. The summed E-state index contributed by atoms with van der Waals surface area (Å²) in [7, 11) is 0. The summed E-state index contributed by atoms with van der Waals surface area (Å²) in [5, 5.41) is 2.44. The molecule has 314 valence electrons. The van der Waals surface area contributed by atoms with Gasteiger partial charge in [0, 0.05) is 17.1 Å². The van der Waals surface area contributed by atoms with Gasteiger partial charge in [0.15, 0.2) is 0 Å². The number of rotatable bonds is 7. The van der Waals surface area contributed by atoms with Crippen LogP contribution in [-0.2, 0) is 10.8 Å². The lowest BCUT2D eigenvalue weighted by atomic mass is 9.51. The maximum absolute atomic E-state index is 2.50. The van der Waals surface area contributed by atoms with E-state index in [1.165, 1.54) is 88.7 Å². The largest absolute Gasteiger partial charge is 0.310 e. The molecule has 0 unspecified atom stereocenters. The average Bonchev–Trinajstić information content (AvgIpc) is 3.70. The number of hydrogen-bond acceptors (Lipinski definition) is 1. The number of anilines is 3. The molecule has 0 aromatic heterocycles. The monoisotopic (exact) mass is 851 g/mol. The molecular weight excluding hydrogens is 807 g/mol. The van der Waals surface area contributed by atoms with Crippen LogP contribution in [0.1, 0.15) is 44.5 Å². The first-order valence-corrected chi connectivity index (χ1v) is 23.3. The highest BCUT2D eigenvalue weighted by atomic mass is 15.1. The van der Waals surface area contributed by atoms with Crippen molar-refractivity contribution >= 4 is 27.8 Å². The molecule has 0 bridgehead atoms. The molecule has 11 aromatic rings. The molecule has 0 aliphatic heterocycles. The van der Waals surface area contributed by atoms with Gasteiger partial charge < -0.3 is 4.90 Å². The van der Waals surface area contributed by atoms with E-state index < -0.39 is 10.8 Å². The van der Waals surface area contributed by atoms with E-state index in [9.17, 15) is 0 Å². The molecule has 67 heavy (non-hydrogen) atoms. The van der Waals surface area contributed by atoms with Crippen LogP contribution in [0.5, 0.6) is 0 Å². The van der Waals surface area contributed by atoms with Crippen molar-refractivity contribution in [3.05, 3.63) is 317 Å². The molecule has 0 saturated heterocycles. The van der Waals surface area contributed by atoms with Crippen LogP contribution < -0.4 is 4.90 Å². The van der Waals surface area contributed by atoms with E-state index in [-0.39, 0.29) is 0 Å². The third-order valence-electron chi connectivity index (χ3n) is 14.6. The Kier molecular flexibility index (Phi) is 9.05. The second-order valence-corrected chi connectivity index (χ2v) is 18.0. The van der Waals surface area contributed by atoms with Crippen molar-refractivity contribution in [1.29, 1.82) is 0 Å². The Morgan fingerprint density at radius 3 is 1.21 bits per heavy atom. The molecule has 0 atom stereocenters. The maximum Gasteiger partial charge on any atom is 0.0720 e. The minimum absolute atomic E-state index is 0.537. The van der Waals surface area contributed by atoms with E-state index in [0.717, 1.165) is 17.1 Å². The second kappa shape index (κ2) is 15.6. The zero-order valence-electron chi connectivity index (χ0n) is 36.9. The highest BCUT2D eigenvalue weighted by Crippen LogP contribution is 2.64. The highest BCUT2D eigenvalue weighted by Gasteiger charge is 2.56. The van der Waals surface area contributed by atoms with E-state index in [0.29, 0.717) is 0 Å². The predicted molar refractivity (Wildman–Crippen MR) is 279 cm³/mol. The Balaban J connectivity index is 0.980. The quantitative estimate of drug-likeness (QED) is 0.154. The summed E-state index contributed by atoms with van der Waals surface area (Å²) in [5.74, 6) is 0. The Labute approximate surface area is 392 Å². The SMILES string of the molecule is c1ccc(-c2ccc(N(c3ccc(-c4ccc5c(c4)C4(c6ccccc6-5)c5ccccc5C(c5ccccc5)(c5ccccc5)c5ccccc54)cc3)c3ccc4ccccc4c3)cc2)cc1. The molecule has 2 aliphatic carbocycles. The number of fused-ring (bicyclic) bond motifs is 10. The van der Waals surface area contributed by atoms with Gasteiger partial charge in [0.25, 0.3) is 0 Å². The van der Waals surface area contributed by atoms with Gasteiger partial charge in [-0.1, -0.05) is 231 Å². The standard InChI is InChI=1S/C66H45N/c1-4-18-46(19-5-1)48-32-38-54(39-33-48)67(56-42-36-47-20-10-11-21-50(47)44-56)55-40-34-49(35-41-55)51-37-43-58-57-26-12-13-27-59(57)66(64(58)45-51)62-30-16-14-28-60(62)65(52-22-6-2-7-23-52,53-24-8-3-9-25-53)61-29-15-17-31-63(61)66/h1-45H. The van der Waals surface area contributed by atoms with Crippen molar-refractivity contribution in [3.63, 3.8) is 0 Å². The third-order valence-corrected chi connectivity index (χ3v) is 14.6. The lowest BCUT2D eigenvalue weighted by Gasteiger charge is -2.50. The Morgan fingerprint density at radius 2 is 0.627 bits per heavy atom. The minimum atomic E-state index is -0.555. The number of benzene rings is 11. The van der Waals surface area contributed by atoms with Gasteiger partial charge >= 0.3 is 0 Å². The van der Waals surface area contributed by atoms with Crippen molar-refractivity contribution in [2.24, 2.45) is 0 Å². The van der Waals surface area contributed by atoms with E-state index in [2.05, 4.69) is 278 Å². The van der Waals surface area contributed by atoms with Gasteiger partial charge in [0.05, 0.1) is 10.8 Å². The van der Waals surface area contributed by atoms with Crippen molar-refractivity contribution in [1.82, 2.24) is 0 Å². The maximum atomic E-state index is 2.50. The first-order chi connectivity index (χ1) is 33.2. The molecule has 0 N–H and O–H groups in total. The van der Waals surface area contributed by atoms with E-state index in [4.69, 9.17) is 0 Å². The molecule has 0 heterocycles. The summed E-state index contributed by atoms with van der Waals surface area (Å²) in [6.45, 7) is 0. The van der Waals surface area contributed by atoms with Gasteiger partial charge in [-0.15, -0.1) is 0 Å². The molecule has 13 rings (SSSR count). The van der Waals surface area contributed by atoms with Crippen LogP contribution in [-0.4, -0.2) is 0 Å². The average molecular weight is 852 g/mol. The summed E-state index contributed by atoms with van der Waals surface area (Å²) in [6.07, 6.45) is 0. The van der Waals surface area contributed by atoms with Gasteiger partial charge in [-0.2, -0.15) is 0 Å². The van der Waals surface area contributed by atoms with Crippen molar-refractivity contribution in [2.45, 2.75) is 10.8 Å². The van der Waals surface area contributed by atoms with E-state index >= 15 is 0 Å². The van der Waals surface area contributed by atoms with Gasteiger partial charge in [0.1, 0.15) is 0 Å². The predicted octanol–water partition coefficient (Wildman–Crippen LogP) is 16.7. The molecule has 1 spiro atoms. The summed E-state index contributed by atoms with van der Waals surface area (Å²) < 4.78 is 0. The van der Waals surface area contributed by atoms with Crippen molar-refractivity contribution < 1.29 is 0 Å². The Morgan fingerprint density at radius 1 is 0.224 bits per heavy atom. The zero-order valence-corrected chi connectivity index (χ0v) is 36.9. The third kappa shape index (κ3) is 5.88.